The van der Waals surface area contributed by atoms with Gasteiger partial charge in [0.15, 0.2) is 5.65 Å². The van der Waals surface area contributed by atoms with Gasteiger partial charge in [0, 0.05) is 31.4 Å². The minimum Gasteiger partial charge on any atom is -0.493 e. The molecule has 3 heterocycles. The van der Waals surface area contributed by atoms with Crippen molar-refractivity contribution in [1.29, 1.82) is 0 Å². The van der Waals surface area contributed by atoms with Crippen LogP contribution in [0.2, 0.25) is 0 Å². The molecule has 2 aromatic rings. The Hall–Kier alpha value is -2.34. The highest BCUT2D eigenvalue weighted by Crippen LogP contribution is 2.21. The van der Waals surface area contributed by atoms with Crippen LogP contribution in [-0.2, 0) is 4.74 Å². The number of anilines is 1. The second-order valence-electron chi connectivity index (χ2n) is 5.18. The van der Waals surface area contributed by atoms with Gasteiger partial charge in [0.1, 0.15) is 18.2 Å². The molecule has 2 bridgehead atoms. The molecule has 6 heteroatoms. The van der Waals surface area contributed by atoms with E-state index in [1.165, 1.54) is 0 Å². The number of nitrogens with one attached hydrogen (secondary N) is 2. The highest BCUT2D eigenvalue weighted by Gasteiger charge is 2.09. The van der Waals surface area contributed by atoms with Crippen LogP contribution in [0.15, 0.2) is 36.4 Å². The summed E-state index contributed by atoms with van der Waals surface area (Å²) >= 11 is 0. The minimum absolute atomic E-state index is 0.649. The summed E-state index contributed by atoms with van der Waals surface area (Å²) in [7, 11) is 0. The Kier molecular flexibility index (Phi) is 4.39. The number of hydrogen-bond acceptors (Lipinski definition) is 5. The normalized spacial score (nSPS) is 18.6. The van der Waals surface area contributed by atoms with Crippen molar-refractivity contribution in [3.8, 4) is 0 Å². The lowest BCUT2D eigenvalue weighted by molar-refractivity contribution is 0.225. The van der Waals surface area contributed by atoms with Crippen LogP contribution in [0.25, 0.3) is 11.2 Å². The molecular weight excluding hydrogens is 278 g/mol. The first-order valence-corrected chi connectivity index (χ1v) is 7.54. The Morgan fingerprint density at radius 3 is 3.09 bits per heavy atom. The van der Waals surface area contributed by atoms with Gasteiger partial charge in [0.2, 0.25) is 0 Å². The standard InChI is InChI=1S/C16H21N5O/c1-3-13-10-12(2)14-11-19-21-8-4-15(20-16(14)21)18-6-5-17-7-9-22-13/h3-4,8,10-11,17H,5-7,9H2,1-2H3,(H,18,20). The number of nitrogens with zero attached hydrogens (tertiary/aromatic N) is 3. The van der Waals surface area contributed by atoms with Crippen molar-refractivity contribution in [1.82, 2.24) is 19.9 Å². The second-order valence-corrected chi connectivity index (χ2v) is 5.18. The number of aromatic nitrogens is 3. The summed E-state index contributed by atoms with van der Waals surface area (Å²) in [5.41, 5.74) is 2.94. The van der Waals surface area contributed by atoms with E-state index in [1.807, 2.05) is 37.5 Å². The van der Waals surface area contributed by atoms with Gasteiger partial charge in [-0.2, -0.15) is 5.10 Å². The summed E-state index contributed by atoms with van der Waals surface area (Å²) in [6, 6.07) is 1.94. The van der Waals surface area contributed by atoms with Crippen LogP contribution in [0, 0.1) is 0 Å². The summed E-state index contributed by atoms with van der Waals surface area (Å²) in [4.78, 5) is 4.67. The van der Waals surface area contributed by atoms with Gasteiger partial charge in [-0.05, 0) is 37.6 Å². The van der Waals surface area contributed by atoms with Gasteiger partial charge in [-0.15, -0.1) is 0 Å². The summed E-state index contributed by atoms with van der Waals surface area (Å²) < 4.78 is 7.58. The topological polar surface area (TPSA) is 63.5 Å². The van der Waals surface area contributed by atoms with Crippen LogP contribution in [-0.4, -0.2) is 40.8 Å². The summed E-state index contributed by atoms with van der Waals surface area (Å²) in [6.45, 7) is 7.18. The zero-order chi connectivity index (χ0) is 15.4. The van der Waals surface area contributed by atoms with Gasteiger partial charge >= 0.3 is 0 Å². The van der Waals surface area contributed by atoms with E-state index in [4.69, 9.17) is 4.74 Å². The van der Waals surface area contributed by atoms with Gasteiger partial charge in [0.05, 0.1) is 6.20 Å². The molecule has 0 atom stereocenters. The van der Waals surface area contributed by atoms with Crippen LogP contribution in [0.5, 0.6) is 0 Å². The largest absolute Gasteiger partial charge is 0.493 e. The number of rotatable bonds is 0. The van der Waals surface area contributed by atoms with E-state index in [9.17, 15) is 0 Å². The van der Waals surface area contributed by atoms with E-state index in [0.29, 0.717) is 6.61 Å². The van der Waals surface area contributed by atoms with Crippen molar-refractivity contribution in [2.45, 2.75) is 13.8 Å². The molecule has 0 aromatic carbocycles. The van der Waals surface area contributed by atoms with E-state index < -0.39 is 0 Å². The molecule has 0 unspecified atom stereocenters. The zero-order valence-electron chi connectivity index (χ0n) is 13.0. The van der Waals surface area contributed by atoms with Gasteiger partial charge in [0.25, 0.3) is 0 Å². The molecule has 22 heavy (non-hydrogen) atoms. The number of hydrogen-bond donors (Lipinski definition) is 2. The van der Waals surface area contributed by atoms with Crippen LogP contribution in [0.1, 0.15) is 19.4 Å². The molecule has 1 aliphatic heterocycles. The Morgan fingerprint density at radius 1 is 1.32 bits per heavy atom. The van der Waals surface area contributed by atoms with E-state index in [0.717, 1.165) is 48.0 Å². The molecule has 3 rings (SSSR count). The SMILES string of the molecule is CC=C1C=C(C)c2cnn3ccc(nc23)NCCNCCO1. The second kappa shape index (κ2) is 6.62. The Labute approximate surface area is 129 Å². The van der Waals surface area contributed by atoms with E-state index in [-0.39, 0.29) is 0 Å². The minimum atomic E-state index is 0.649. The lowest BCUT2D eigenvalue weighted by Gasteiger charge is -2.11. The maximum atomic E-state index is 5.79. The van der Waals surface area contributed by atoms with Crippen molar-refractivity contribution in [2.75, 3.05) is 31.6 Å². The first-order valence-electron chi connectivity index (χ1n) is 7.54. The molecule has 116 valence electrons. The third kappa shape index (κ3) is 3.12. The summed E-state index contributed by atoms with van der Waals surface area (Å²) in [5.74, 6) is 1.73. The van der Waals surface area contributed by atoms with Gasteiger partial charge < -0.3 is 15.4 Å². The van der Waals surface area contributed by atoms with Gasteiger partial charge in [-0.25, -0.2) is 9.50 Å². The van der Waals surface area contributed by atoms with Crippen molar-refractivity contribution < 1.29 is 4.74 Å². The third-order valence-corrected chi connectivity index (χ3v) is 3.59. The lowest BCUT2D eigenvalue weighted by atomic mass is 10.1. The first kappa shape index (κ1) is 14.6. The lowest BCUT2D eigenvalue weighted by Crippen LogP contribution is -2.26. The first-order chi connectivity index (χ1) is 10.8. The highest BCUT2D eigenvalue weighted by molar-refractivity contribution is 5.76. The molecule has 0 radical (unpaired) electrons. The fraction of sp³-hybridized carbons (Fsp3) is 0.375. The smallest absolute Gasteiger partial charge is 0.164 e. The Bertz CT molecular complexity index is 716. The molecule has 0 spiro atoms. The fourth-order valence-corrected chi connectivity index (χ4v) is 2.39. The molecule has 1 aliphatic rings. The fourth-order valence-electron chi connectivity index (χ4n) is 2.39. The monoisotopic (exact) mass is 299 g/mol. The van der Waals surface area contributed by atoms with Gasteiger partial charge in [-0.3, -0.25) is 0 Å². The average Bonchev–Trinajstić information content (AvgIpc) is 2.95. The van der Waals surface area contributed by atoms with Crippen LogP contribution < -0.4 is 10.6 Å². The highest BCUT2D eigenvalue weighted by atomic mass is 16.5. The van der Waals surface area contributed by atoms with E-state index in [2.05, 4.69) is 27.6 Å². The van der Waals surface area contributed by atoms with Crippen LogP contribution in [0.4, 0.5) is 5.82 Å². The van der Waals surface area contributed by atoms with E-state index >= 15 is 0 Å². The maximum Gasteiger partial charge on any atom is 0.164 e. The van der Waals surface area contributed by atoms with E-state index in [1.54, 1.807) is 4.52 Å². The van der Waals surface area contributed by atoms with Crippen molar-refractivity contribution in [3.63, 3.8) is 0 Å². The number of allylic oxidation sites excluding steroid dienone is 3. The van der Waals surface area contributed by atoms with Crippen LogP contribution >= 0.6 is 0 Å². The Balaban J connectivity index is 2.03. The average molecular weight is 299 g/mol. The predicted octanol–water partition coefficient (Wildman–Crippen LogP) is 2.07. The predicted molar refractivity (Wildman–Crippen MR) is 87.7 cm³/mol. The molecule has 0 fully saturated rings. The van der Waals surface area contributed by atoms with Crippen LogP contribution in [0.3, 0.4) is 0 Å². The van der Waals surface area contributed by atoms with Gasteiger partial charge in [-0.1, -0.05) is 0 Å². The summed E-state index contributed by atoms with van der Waals surface area (Å²) in [6.07, 6.45) is 7.78. The molecule has 6 nitrogen and oxygen atoms in total. The summed E-state index contributed by atoms with van der Waals surface area (Å²) in [5, 5.41) is 11.0. The van der Waals surface area contributed by atoms with Crippen molar-refractivity contribution >= 4 is 17.0 Å². The quantitative estimate of drug-likeness (QED) is 0.779. The molecule has 2 N–H and O–H groups in total. The Morgan fingerprint density at radius 2 is 2.23 bits per heavy atom. The molecular formula is C16H21N5O. The molecule has 0 saturated carbocycles. The number of fused-ring (bicyclic) bond motifs is 1. The van der Waals surface area contributed by atoms with Crippen molar-refractivity contribution in [2.24, 2.45) is 0 Å². The number of ether oxygens (including phenoxy) is 1. The molecule has 0 amide bonds. The molecule has 2 aromatic heterocycles. The van der Waals surface area contributed by atoms with Crippen molar-refractivity contribution in [3.05, 3.63) is 41.9 Å². The zero-order valence-corrected chi connectivity index (χ0v) is 13.0. The molecule has 0 aliphatic carbocycles. The maximum absolute atomic E-state index is 5.79. The molecule has 0 saturated heterocycles. The third-order valence-electron chi connectivity index (χ3n) is 3.59.